The van der Waals surface area contributed by atoms with Crippen LogP contribution in [0.4, 0.5) is 27.5 Å². The van der Waals surface area contributed by atoms with E-state index < -0.39 is 5.82 Å². The Balaban J connectivity index is 1.78. The van der Waals surface area contributed by atoms with Crippen molar-refractivity contribution in [1.82, 2.24) is 9.97 Å². The smallest absolute Gasteiger partial charge is 0.229 e. The Hall–Kier alpha value is -3.78. The van der Waals surface area contributed by atoms with Crippen LogP contribution in [0.2, 0.25) is 0 Å². The van der Waals surface area contributed by atoms with Gasteiger partial charge in [-0.25, -0.2) is 9.37 Å². The number of hydrogen-bond acceptors (Lipinski definition) is 7. The Labute approximate surface area is 205 Å². The van der Waals surface area contributed by atoms with Gasteiger partial charge in [-0.05, 0) is 60.0 Å². The van der Waals surface area contributed by atoms with Gasteiger partial charge in [-0.3, -0.25) is 4.79 Å². The molecule has 184 valence electrons. The molecule has 0 radical (unpaired) electrons. The van der Waals surface area contributed by atoms with Gasteiger partial charge < -0.3 is 20.1 Å². The number of ether oxygens (including phenoxy) is 2. The second kappa shape index (κ2) is 12.6. The molecule has 0 aliphatic rings. The largest absolute Gasteiger partial charge is 0.491 e. The maximum absolute atomic E-state index is 14.5. The van der Waals surface area contributed by atoms with Gasteiger partial charge in [-0.1, -0.05) is 32.9 Å². The first-order valence-electron chi connectivity index (χ1n) is 11.5. The molecule has 0 aliphatic heterocycles. The summed E-state index contributed by atoms with van der Waals surface area (Å²) in [6.07, 6.45) is 4.23. The number of aromatic nitrogens is 2. The van der Waals surface area contributed by atoms with Crippen LogP contribution in [-0.2, 0) is 16.0 Å². The number of carbonyl (C=O) groups is 1. The summed E-state index contributed by atoms with van der Waals surface area (Å²) in [6.45, 7) is 8.50. The number of rotatable bonds is 13. The minimum atomic E-state index is -0.591. The lowest BCUT2D eigenvalue weighted by Crippen LogP contribution is -2.10. The summed E-state index contributed by atoms with van der Waals surface area (Å²) in [4.78, 5) is 20.6. The molecular formula is C27H31FN4O3. The predicted molar refractivity (Wildman–Crippen MR) is 136 cm³/mol. The molecule has 1 unspecified atom stereocenters. The number of nitrogens with zero attached hydrogens (tertiary/aromatic N) is 2. The SMILES string of the molecule is C=CC(=O)C(C)c1cc(Nc2nc(Nc3ccc(OCCOC)cc3)ncc2F)ccc1CCC. The van der Waals surface area contributed by atoms with Crippen molar-refractivity contribution in [2.75, 3.05) is 31.0 Å². The molecule has 0 aliphatic carbocycles. The summed E-state index contributed by atoms with van der Waals surface area (Å²) < 4.78 is 25.1. The molecule has 7 nitrogen and oxygen atoms in total. The zero-order valence-electron chi connectivity index (χ0n) is 20.3. The van der Waals surface area contributed by atoms with E-state index in [9.17, 15) is 9.18 Å². The molecule has 2 aromatic carbocycles. The second-order valence-corrected chi connectivity index (χ2v) is 8.00. The third-order valence-corrected chi connectivity index (χ3v) is 5.43. The van der Waals surface area contributed by atoms with Gasteiger partial charge in [0.15, 0.2) is 17.4 Å². The third kappa shape index (κ3) is 7.10. The first kappa shape index (κ1) is 25.8. The number of allylic oxidation sites excluding steroid dienone is 1. The van der Waals surface area contributed by atoms with Gasteiger partial charge in [0, 0.05) is 24.4 Å². The molecule has 0 saturated carbocycles. The Morgan fingerprint density at radius 3 is 2.57 bits per heavy atom. The van der Waals surface area contributed by atoms with E-state index >= 15 is 0 Å². The number of nitrogens with one attached hydrogen (secondary N) is 2. The molecule has 3 aromatic rings. The lowest BCUT2D eigenvalue weighted by Gasteiger charge is -2.17. The third-order valence-electron chi connectivity index (χ3n) is 5.43. The molecule has 0 bridgehead atoms. The Kier molecular flexibility index (Phi) is 9.31. The molecule has 35 heavy (non-hydrogen) atoms. The first-order chi connectivity index (χ1) is 16.9. The van der Waals surface area contributed by atoms with Crippen LogP contribution in [0.5, 0.6) is 5.75 Å². The first-order valence-corrected chi connectivity index (χ1v) is 11.5. The van der Waals surface area contributed by atoms with Crippen molar-refractivity contribution in [2.45, 2.75) is 32.6 Å². The van der Waals surface area contributed by atoms with Crippen LogP contribution >= 0.6 is 0 Å². The summed E-state index contributed by atoms with van der Waals surface area (Å²) in [5.41, 5.74) is 3.33. The molecule has 1 atom stereocenters. The zero-order valence-corrected chi connectivity index (χ0v) is 20.3. The quantitative estimate of drug-likeness (QED) is 0.232. The molecule has 0 fully saturated rings. The Morgan fingerprint density at radius 1 is 1.14 bits per heavy atom. The standard InChI is InChI=1S/C27H31FN4O3/c1-5-7-19-8-9-21(16-23(19)18(3)25(33)6-2)30-26-24(28)17-29-27(32-26)31-20-10-12-22(13-11-20)35-15-14-34-4/h6,8-13,16-18H,2,5,7,14-15H2,1,3-4H3,(H2,29,30,31,32). The topological polar surface area (TPSA) is 85.4 Å². The maximum atomic E-state index is 14.5. The summed E-state index contributed by atoms with van der Waals surface area (Å²) in [5, 5.41) is 6.09. The minimum absolute atomic E-state index is 0.0268. The number of halogens is 1. The predicted octanol–water partition coefficient (Wildman–Crippen LogP) is 5.94. The highest BCUT2D eigenvalue weighted by Crippen LogP contribution is 2.28. The van der Waals surface area contributed by atoms with E-state index in [1.54, 1.807) is 7.11 Å². The molecular weight excluding hydrogens is 447 g/mol. The van der Waals surface area contributed by atoms with Crippen LogP contribution in [0.15, 0.2) is 61.3 Å². The highest BCUT2D eigenvalue weighted by Gasteiger charge is 2.17. The number of benzene rings is 2. The molecule has 2 N–H and O–H groups in total. The number of methoxy groups -OCH3 is 1. The Morgan fingerprint density at radius 2 is 1.89 bits per heavy atom. The van der Waals surface area contributed by atoms with Crippen LogP contribution in [0.1, 0.15) is 37.3 Å². The minimum Gasteiger partial charge on any atom is -0.491 e. The Bertz CT molecular complexity index is 1150. The van der Waals surface area contributed by atoms with Crippen molar-refractivity contribution >= 4 is 28.9 Å². The van der Waals surface area contributed by atoms with Crippen molar-refractivity contribution in [3.63, 3.8) is 0 Å². The molecule has 1 heterocycles. The monoisotopic (exact) mass is 478 g/mol. The number of aryl methyl sites for hydroxylation is 1. The maximum Gasteiger partial charge on any atom is 0.229 e. The number of anilines is 4. The van der Waals surface area contributed by atoms with Crippen molar-refractivity contribution in [3.8, 4) is 5.75 Å². The van der Waals surface area contributed by atoms with Crippen molar-refractivity contribution < 1.29 is 18.7 Å². The number of ketones is 1. The lowest BCUT2D eigenvalue weighted by molar-refractivity contribution is -0.115. The summed E-state index contributed by atoms with van der Waals surface area (Å²) in [7, 11) is 1.62. The van der Waals surface area contributed by atoms with Crippen molar-refractivity contribution in [1.29, 1.82) is 0 Å². The van der Waals surface area contributed by atoms with Crippen molar-refractivity contribution in [2.24, 2.45) is 0 Å². The van der Waals surface area contributed by atoms with Crippen LogP contribution in [0.3, 0.4) is 0 Å². The van der Waals surface area contributed by atoms with E-state index in [1.807, 2.05) is 49.4 Å². The molecule has 1 aromatic heterocycles. The van der Waals surface area contributed by atoms with Gasteiger partial charge in [-0.15, -0.1) is 0 Å². The fourth-order valence-corrected chi connectivity index (χ4v) is 3.56. The highest BCUT2D eigenvalue weighted by atomic mass is 19.1. The second-order valence-electron chi connectivity index (χ2n) is 8.00. The fourth-order valence-electron chi connectivity index (χ4n) is 3.56. The van der Waals surface area contributed by atoms with Gasteiger partial charge in [0.05, 0.1) is 12.8 Å². The average molecular weight is 479 g/mol. The lowest BCUT2D eigenvalue weighted by atomic mass is 9.90. The number of carbonyl (C=O) groups excluding carboxylic acids is 1. The van der Waals surface area contributed by atoms with Gasteiger partial charge in [0.1, 0.15) is 12.4 Å². The number of hydrogen-bond donors (Lipinski definition) is 2. The van der Waals surface area contributed by atoms with Crippen LogP contribution in [0, 0.1) is 5.82 Å². The van der Waals surface area contributed by atoms with E-state index in [4.69, 9.17) is 9.47 Å². The highest BCUT2D eigenvalue weighted by molar-refractivity contribution is 5.95. The van der Waals surface area contributed by atoms with E-state index in [2.05, 4.69) is 34.1 Å². The van der Waals surface area contributed by atoms with E-state index in [-0.39, 0.29) is 23.5 Å². The van der Waals surface area contributed by atoms with E-state index in [0.29, 0.717) is 24.7 Å². The van der Waals surface area contributed by atoms with Crippen LogP contribution in [0.25, 0.3) is 0 Å². The molecule has 8 heteroatoms. The normalized spacial score (nSPS) is 11.5. The average Bonchev–Trinajstić information content (AvgIpc) is 2.87. The van der Waals surface area contributed by atoms with Crippen LogP contribution in [-0.4, -0.2) is 36.1 Å². The molecule has 0 saturated heterocycles. The summed E-state index contributed by atoms with van der Waals surface area (Å²) in [6, 6.07) is 12.9. The van der Waals surface area contributed by atoms with E-state index in [1.165, 1.54) is 6.08 Å². The van der Waals surface area contributed by atoms with Gasteiger partial charge >= 0.3 is 0 Å². The van der Waals surface area contributed by atoms with Gasteiger partial charge in [0.25, 0.3) is 0 Å². The van der Waals surface area contributed by atoms with E-state index in [0.717, 1.165) is 35.9 Å². The molecule has 0 amide bonds. The fraction of sp³-hybridized carbons (Fsp3) is 0.296. The summed E-state index contributed by atoms with van der Waals surface area (Å²) in [5.74, 6) is -0.0220. The van der Waals surface area contributed by atoms with Gasteiger partial charge in [0.2, 0.25) is 5.95 Å². The van der Waals surface area contributed by atoms with Crippen molar-refractivity contribution in [3.05, 3.63) is 78.3 Å². The molecule has 3 rings (SSSR count). The van der Waals surface area contributed by atoms with Gasteiger partial charge in [-0.2, -0.15) is 4.98 Å². The van der Waals surface area contributed by atoms with Crippen LogP contribution < -0.4 is 15.4 Å². The summed E-state index contributed by atoms with van der Waals surface area (Å²) >= 11 is 0. The zero-order chi connectivity index (χ0) is 25.2. The molecule has 0 spiro atoms.